The summed E-state index contributed by atoms with van der Waals surface area (Å²) in [6.45, 7) is 6.37. The van der Waals surface area contributed by atoms with Crippen LogP contribution in [0.25, 0.3) is 5.70 Å². The Morgan fingerprint density at radius 2 is 1.91 bits per heavy atom. The molecule has 8 heteroatoms. The number of ether oxygens (including phenoxy) is 2. The first-order valence-corrected chi connectivity index (χ1v) is 10.6. The van der Waals surface area contributed by atoms with E-state index in [1.54, 1.807) is 55.5 Å². The van der Waals surface area contributed by atoms with E-state index in [4.69, 9.17) is 20.6 Å². The molecule has 0 spiro atoms. The number of allylic oxidation sites excluding steroid dienone is 1. The van der Waals surface area contributed by atoms with E-state index in [1.807, 2.05) is 0 Å². The molecule has 0 unspecified atom stereocenters. The number of rotatable bonds is 9. The molecule has 170 valence electrons. The molecule has 5 N–H and O–H groups in total. The number of hydrogen-bond donors (Lipinski definition) is 4. The van der Waals surface area contributed by atoms with E-state index in [1.165, 1.54) is 0 Å². The van der Waals surface area contributed by atoms with Crippen molar-refractivity contribution in [3.05, 3.63) is 65.2 Å². The third-order valence-electron chi connectivity index (χ3n) is 5.22. The lowest BCUT2D eigenvalue weighted by molar-refractivity contribution is -0.123. The molecular formula is C24H30N4O4. The molecule has 0 aliphatic carbocycles. The van der Waals surface area contributed by atoms with Crippen LogP contribution in [0, 0.1) is 12.3 Å². The number of aryl methyl sites for hydroxylation is 1. The first kappa shape index (κ1) is 23.3. The molecule has 1 fully saturated rings. The third-order valence-corrected chi connectivity index (χ3v) is 5.22. The number of hydrogen-bond acceptors (Lipinski definition) is 7. The van der Waals surface area contributed by atoms with Gasteiger partial charge < -0.3 is 31.0 Å². The number of aromatic hydroxyl groups is 1. The zero-order valence-corrected chi connectivity index (χ0v) is 18.3. The van der Waals surface area contributed by atoms with Crippen molar-refractivity contribution in [2.75, 3.05) is 46.0 Å². The van der Waals surface area contributed by atoms with E-state index in [0.29, 0.717) is 29.1 Å². The van der Waals surface area contributed by atoms with Gasteiger partial charge in [0.2, 0.25) is 0 Å². The van der Waals surface area contributed by atoms with E-state index in [-0.39, 0.29) is 24.0 Å². The van der Waals surface area contributed by atoms with Gasteiger partial charge in [0.25, 0.3) is 5.91 Å². The quantitative estimate of drug-likeness (QED) is 0.444. The summed E-state index contributed by atoms with van der Waals surface area (Å²) in [7, 11) is 0. The summed E-state index contributed by atoms with van der Waals surface area (Å²) in [6, 6.07) is 12.0. The standard InChI is InChI=1S/C24H30N4O4/c1-17-14-19(4-7-23(17)29)22(26)15-21(25)18-2-5-20(6-3-18)32-16-24(30)27-8-9-28-10-12-31-13-11-28/h2-7,14-15,26,29H,8-13,16,25H2,1H3,(H,27,30)/b21-15-,26-22?. The highest BCUT2D eigenvalue weighted by Crippen LogP contribution is 2.19. The topological polar surface area (TPSA) is 121 Å². The molecule has 2 aromatic rings. The van der Waals surface area contributed by atoms with E-state index in [2.05, 4.69) is 10.2 Å². The normalized spacial score (nSPS) is 14.7. The number of carbonyl (C=O) groups is 1. The van der Waals surface area contributed by atoms with Crippen molar-refractivity contribution in [2.24, 2.45) is 5.73 Å². The maximum absolute atomic E-state index is 12.0. The second kappa shape index (κ2) is 11.3. The zero-order valence-electron chi connectivity index (χ0n) is 18.3. The number of phenols is 1. The molecule has 1 heterocycles. The minimum absolute atomic E-state index is 0.0569. The third kappa shape index (κ3) is 6.83. The van der Waals surface area contributed by atoms with Crippen LogP contribution in [0.1, 0.15) is 16.7 Å². The Balaban J connectivity index is 1.46. The Hall–Kier alpha value is -3.36. The Bertz CT molecular complexity index is 966. The van der Waals surface area contributed by atoms with E-state index < -0.39 is 0 Å². The molecule has 8 nitrogen and oxygen atoms in total. The summed E-state index contributed by atoms with van der Waals surface area (Å²) in [6.07, 6.45) is 1.57. The molecule has 32 heavy (non-hydrogen) atoms. The molecule has 0 aromatic heterocycles. The van der Waals surface area contributed by atoms with Gasteiger partial charge in [0, 0.05) is 31.9 Å². The number of morpholine rings is 1. The van der Waals surface area contributed by atoms with Crippen LogP contribution in [0.2, 0.25) is 0 Å². The highest BCUT2D eigenvalue weighted by Gasteiger charge is 2.10. The average molecular weight is 439 g/mol. The first-order chi connectivity index (χ1) is 15.4. The monoisotopic (exact) mass is 438 g/mol. The van der Waals surface area contributed by atoms with Gasteiger partial charge in [0.1, 0.15) is 11.5 Å². The summed E-state index contributed by atoms with van der Waals surface area (Å²) in [5, 5.41) is 20.7. The molecule has 1 aliphatic heterocycles. The second-order valence-electron chi connectivity index (χ2n) is 7.63. The fraction of sp³-hybridized carbons (Fsp3) is 0.333. The predicted octanol–water partition coefficient (Wildman–Crippen LogP) is 1.90. The zero-order chi connectivity index (χ0) is 22.9. The number of nitrogens with two attached hydrogens (primary N) is 1. The van der Waals surface area contributed by atoms with E-state index >= 15 is 0 Å². The maximum atomic E-state index is 12.0. The summed E-state index contributed by atoms with van der Waals surface area (Å²) >= 11 is 0. The van der Waals surface area contributed by atoms with Gasteiger partial charge in [-0.2, -0.15) is 0 Å². The van der Waals surface area contributed by atoms with Gasteiger partial charge in [0.15, 0.2) is 6.61 Å². The van der Waals surface area contributed by atoms with Crippen LogP contribution < -0.4 is 15.8 Å². The lowest BCUT2D eigenvalue weighted by Gasteiger charge is -2.26. The average Bonchev–Trinajstić information content (AvgIpc) is 2.80. The second-order valence-corrected chi connectivity index (χ2v) is 7.63. The van der Waals surface area contributed by atoms with Crippen molar-refractivity contribution in [3.8, 4) is 11.5 Å². The smallest absolute Gasteiger partial charge is 0.257 e. The number of benzene rings is 2. The van der Waals surface area contributed by atoms with E-state index in [0.717, 1.165) is 38.4 Å². The van der Waals surface area contributed by atoms with Crippen molar-refractivity contribution < 1.29 is 19.4 Å². The van der Waals surface area contributed by atoms with Crippen molar-refractivity contribution in [1.29, 1.82) is 5.41 Å². The minimum atomic E-state index is -0.167. The van der Waals surface area contributed by atoms with Crippen LogP contribution in [0.15, 0.2) is 48.5 Å². The SMILES string of the molecule is Cc1cc(C(=N)/C=C(\N)c2ccc(OCC(=O)NCCN3CCOCC3)cc2)ccc1O. The number of phenolic OH excluding ortho intramolecular Hbond substituents is 1. The number of nitrogens with one attached hydrogen (secondary N) is 2. The Kier molecular flexibility index (Phi) is 8.24. The number of carbonyl (C=O) groups excluding carboxylic acids is 1. The lowest BCUT2D eigenvalue weighted by Crippen LogP contribution is -2.42. The van der Waals surface area contributed by atoms with Gasteiger partial charge in [-0.3, -0.25) is 9.69 Å². The molecule has 1 aliphatic rings. The molecule has 1 saturated heterocycles. The van der Waals surface area contributed by atoms with Gasteiger partial charge in [0.05, 0.1) is 18.9 Å². The molecule has 0 bridgehead atoms. The van der Waals surface area contributed by atoms with Crippen LogP contribution in [0.3, 0.4) is 0 Å². The van der Waals surface area contributed by atoms with Crippen LogP contribution >= 0.6 is 0 Å². The number of amides is 1. The Labute approximate surface area is 188 Å². The summed E-state index contributed by atoms with van der Waals surface area (Å²) < 4.78 is 10.9. The van der Waals surface area contributed by atoms with Gasteiger partial charge in [-0.25, -0.2) is 0 Å². The van der Waals surface area contributed by atoms with Crippen molar-refractivity contribution in [3.63, 3.8) is 0 Å². The fourth-order valence-electron chi connectivity index (χ4n) is 3.27. The lowest BCUT2D eigenvalue weighted by atomic mass is 10.0. The van der Waals surface area contributed by atoms with Crippen LogP contribution in [-0.4, -0.2) is 67.6 Å². The molecule has 0 saturated carbocycles. The van der Waals surface area contributed by atoms with E-state index in [9.17, 15) is 9.90 Å². The van der Waals surface area contributed by atoms with Gasteiger partial charge in [-0.1, -0.05) is 0 Å². The Morgan fingerprint density at radius 1 is 1.22 bits per heavy atom. The molecule has 3 rings (SSSR count). The fourth-order valence-corrected chi connectivity index (χ4v) is 3.27. The summed E-state index contributed by atoms with van der Waals surface area (Å²) in [4.78, 5) is 14.2. The molecule has 1 amide bonds. The van der Waals surface area contributed by atoms with Crippen LogP contribution in [-0.2, 0) is 9.53 Å². The molecule has 0 radical (unpaired) electrons. The maximum Gasteiger partial charge on any atom is 0.257 e. The van der Waals surface area contributed by atoms with Crippen molar-refractivity contribution in [2.45, 2.75) is 6.92 Å². The number of nitrogens with zero attached hydrogens (tertiary/aromatic N) is 1. The van der Waals surface area contributed by atoms with Crippen LogP contribution in [0.4, 0.5) is 0 Å². The van der Waals surface area contributed by atoms with Crippen LogP contribution in [0.5, 0.6) is 11.5 Å². The summed E-state index contributed by atoms with van der Waals surface area (Å²) in [5.74, 6) is 0.591. The van der Waals surface area contributed by atoms with Gasteiger partial charge in [-0.15, -0.1) is 0 Å². The summed E-state index contributed by atoms with van der Waals surface area (Å²) in [5.41, 5.74) is 8.94. The highest BCUT2D eigenvalue weighted by atomic mass is 16.5. The Morgan fingerprint density at radius 3 is 2.59 bits per heavy atom. The first-order valence-electron chi connectivity index (χ1n) is 10.6. The molecular weight excluding hydrogens is 408 g/mol. The molecule has 0 atom stereocenters. The highest BCUT2D eigenvalue weighted by molar-refractivity contribution is 6.10. The predicted molar refractivity (Wildman–Crippen MR) is 124 cm³/mol. The van der Waals surface area contributed by atoms with Crippen molar-refractivity contribution in [1.82, 2.24) is 10.2 Å². The molecule has 2 aromatic carbocycles. The van der Waals surface area contributed by atoms with Crippen molar-refractivity contribution >= 4 is 17.3 Å². The van der Waals surface area contributed by atoms with Gasteiger partial charge >= 0.3 is 0 Å². The van der Waals surface area contributed by atoms with Gasteiger partial charge in [-0.05, 0) is 72.2 Å². The minimum Gasteiger partial charge on any atom is -0.508 e. The largest absolute Gasteiger partial charge is 0.508 e.